The minimum atomic E-state index is -0.511. The summed E-state index contributed by atoms with van der Waals surface area (Å²) in [7, 11) is 0. The van der Waals surface area contributed by atoms with E-state index in [1.165, 1.54) is 30.8 Å². The fourth-order valence-electron chi connectivity index (χ4n) is 3.04. The molecule has 0 bridgehead atoms. The monoisotopic (exact) mass is 413 g/mol. The molecule has 2 heterocycles. The molecule has 3 aromatic rings. The Morgan fingerprint density at radius 3 is 2.66 bits per heavy atom. The summed E-state index contributed by atoms with van der Waals surface area (Å²) in [5, 5.41) is 0.906. The highest BCUT2D eigenvalue weighted by atomic mass is 32.2. The van der Waals surface area contributed by atoms with E-state index in [-0.39, 0.29) is 17.7 Å². The normalized spacial score (nSPS) is 12.2. The number of hydrogen-bond acceptors (Lipinski definition) is 5. The van der Waals surface area contributed by atoms with Crippen molar-refractivity contribution < 1.29 is 13.9 Å². The van der Waals surface area contributed by atoms with Gasteiger partial charge in [-0.05, 0) is 42.7 Å². The second-order valence-corrected chi connectivity index (χ2v) is 8.14. The van der Waals surface area contributed by atoms with Crippen LogP contribution in [-0.4, -0.2) is 20.5 Å². The van der Waals surface area contributed by atoms with Gasteiger partial charge in [-0.2, -0.15) is 0 Å². The summed E-state index contributed by atoms with van der Waals surface area (Å²) >= 11 is 1.46. The molecule has 7 heteroatoms. The van der Waals surface area contributed by atoms with E-state index in [0.717, 1.165) is 21.2 Å². The van der Waals surface area contributed by atoms with E-state index in [4.69, 9.17) is 9.72 Å². The number of pyridine rings is 1. The number of esters is 1. The second-order valence-electron chi connectivity index (χ2n) is 7.07. The molecule has 1 atom stereocenters. The summed E-state index contributed by atoms with van der Waals surface area (Å²) in [6.45, 7) is 7.84. The number of halogens is 1. The molecule has 0 N–H and O–H groups in total. The standard InChI is InChI=1S/C22H24FN3O2S/c1-14(2)20-22(29-19-9-5-8-18(23)11-19)26(13-17-7-6-10-24-12-17)21(25-20)15(3)28-16(4)27/h5-12,14-15H,13H2,1-4H3. The van der Waals surface area contributed by atoms with Crippen LogP contribution in [0.5, 0.6) is 0 Å². The highest BCUT2D eigenvalue weighted by Crippen LogP contribution is 2.37. The van der Waals surface area contributed by atoms with E-state index in [1.807, 2.05) is 29.7 Å². The minimum Gasteiger partial charge on any atom is -0.455 e. The lowest BCUT2D eigenvalue weighted by molar-refractivity contribution is -0.146. The summed E-state index contributed by atoms with van der Waals surface area (Å²) < 4.78 is 21.2. The van der Waals surface area contributed by atoms with E-state index >= 15 is 0 Å². The Bertz CT molecular complexity index is 989. The molecule has 0 aliphatic heterocycles. The van der Waals surface area contributed by atoms with Crippen LogP contribution >= 0.6 is 11.8 Å². The van der Waals surface area contributed by atoms with E-state index in [9.17, 15) is 9.18 Å². The Kier molecular flexibility index (Phi) is 6.69. The van der Waals surface area contributed by atoms with Crippen LogP contribution in [0.3, 0.4) is 0 Å². The molecule has 5 nitrogen and oxygen atoms in total. The van der Waals surface area contributed by atoms with Gasteiger partial charge >= 0.3 is 5.97 Å². The third-order valence-corrected chi connectivity index (χ3v) is 5.42. The van der Waals surface area contributed by atoms with Crippen molar-refractivity contribution in [3.05, 3.63) is 71.7 Å². The lowest BCUT2D eigenvalue weighted by Crippen LogP contribution is -2.13. The first kappa shape index (κ1) is 21.0. The maximum absolute atomic E-state index is 13.8. The Labute approximate surface area is 174 Å². The fourth-order valence-corrected chi connectivity index (χ4v) is 4.23. The van der Waals surface area contributed by atoms with Crippen LogP contribution in [0.25, 0.3) is 0 Å². The number of aromatic nitrogens is 3. The van der Waals surface area contributed by atoms with E-state index in [2.05, 4.69) is 18.8 Å². The molecule has 0 fully saturated rings. The Balaban J connectivity index is 2.11. The molecule has 0 saturated heterocycles. The highest BCUT2D eigenvalue weighted by Gasteiger charge is 2.25. The van der Waals surface area contributed by atoms with E-state index < -0.39 is 6.10 Å². The third-order valence-electron chi connectivity index (χ3n) is 4.30. The lowest BCUT2D eigenvalue weighted by Gasteiger charge is -2.16. The van der Waals surface area contributed by atoms with Crippen LogP contribution < -0.4 is 0 Å². The molecule has 0 amide bonds. The fraction of sp³-hybridized carbons (Fsp3) is 0.318. The maximum Gasteiger partial charge on any atom is 0.303 e. The van der Waals surface area contributed by atoms with Crippen molar-refractivity contribution in [2.75, 3.05) is 0 Å². The molecule has 0 radical (unpaired) electrons. The number of benzene rings is 1. The van der Waals surface area contributed by atoms with Crippen LogP contribution in [0, 0.1) is 5.82 Å². The summed E-state index contributed by atoms with van der Waals surface area (Å²) in [5.41, 5.74) is 1.88. The first-order valence-corrected chi connectivity index (χ1v) is 10.3. The van der Waals surface area contributed by atoms with Crippen LogP contribution in [-0.2, 0) is 16.1 Å². The van der Waals surface area contributed by atoms with Gasteiger partial charge in [0.1, 0.15) is 10.8 Å². The van der Waals surface area contributed by atoms with Crippen molar-refractivity contribution in [2.24, 2.45) is 0 Å². The highest BCUT2D eigenvalue weighted by molar-refractivity contribution is 7.99. The predicted molar refractivity (Wildman–Crippen MR) is 110 cm³/mol. The number of carbonyl (C=O) groups excluding carboxylic acids is 1. The van der Waals surface area contributed by atoms with Gasteiger partial charge in [0.15, 0.2) is 11.9 Å². The van der Waals surface area contributed by atoms with Crippen LogP contribution in [0.15, 0.2) is 58.7 Å². The lowest BCUT2D eigenvalue weighted by atomic mass is 10.1. The molecular weight excluding hydrogens is 389 g/mol. The quantitative estimate of drug-likeness (QED) is 0.488. The number of ether oxygens (including phenoxy) is 1. The Hall–Kier alpha value is -2.67. The van der Waals surface area contributed by atoms with Gasteiger partial charge in [0.25, 0.3) is 0 Å². The average molecular weight is 414 g/mol. The van der Waals surface area contributed by atoms with Crippen molar-refractivity contribution in [1.29, 1.82) is 0 Å². The topological polar surface area (TPSA) is 57.0 Å². The van der Waals surface area contributed by atoms with Crippen LogP contribution in [0.1, 0.15) is 56.8 Å². The zero-order valence-corrected chi connectivity index (χ0v) is 17.7. The molecule has 0 aliphatic rings. The molecule has 0 aliphatic carbocycles. The van der Waals surface area contributed by atoms with Gasteiger partial charge in [-0.25, -0.2) is 9.37 Å². The van der Waals surface area contributed by atoms with Crippen LogP contribution in [0.4, 0.5) is 4.39 Å². The van der Waals surface area contributed by atoms with E-state index in [0.29, 0.717) is 12.4 Å². The molecule has 29 heavy (non-hydrogen) atoms. The second kappa shape index (κ2) is 9.22. The van der Waals surface area contributed by atoms with Gasteiger partial charge in [0.2, 0.25) is 0 Å². The number of carbonyl (C=O) groups is 1. The number of hydrogen-bond donors (Lipinski definition) is 0. The Morgan fingerprint density at radius 1 is 1.24 bits per heavy atom. The largest absolute Gasteiger partial charge is 0.455 e. The third kappa shape index (κ3) is 5.23. The molecule has 3 rings (SSSR count). The van der Waals surface area contributed by atoms with Crippen molar-refractivity contribution >= 4 is 17.7 Å². The molecule has 1 unspecified atom stereocenters. The molecule has 2 aromatic heterocycles. The summed E-state index contributed by atoms with van der Waals surface area (Å²) in [6.07, 6.45) is 3.01. The molecular formula is C22H24FN3O2S. The average Bonchev–Trinajstić information content (AvgIpc) is 3.00. The number of imidazole rings is 1. The zero-order chi connectivity index (χ0) is 21.0. The maximum atomic E-state index is 13.8. The number of nitrogens with zero attached hydrogens (tertiary/aromatic N) is 3. The Morgan fingerprint density at radius 2 is 2.03 bits per heavy atom. The minimum absolute atomic E-state index is 0.143. The van der Waals surface area contributed by atoms with Crippen molar-refractivity contribution in [3.63, 3.8) is 0 Å². The summed E-state index contributed by atoms with van der Waals surface area (Å²) in [6, 6.07) is 10.4. The number of rotatable bonds is 7. The molecule has 0 spiro atoms. The predicted octanol–water partition coefficient (Wildman–Crippen LogP) is 5.36. The van der Waals surface area contributed by atoms with Gasteiger partial charge < -0.3 is 9.30 Å². The molecule has 0 saturated carbocycles. The van der Waals surface area contributed by atoms with Gasteiger partial charge in [-0.1, -0.05) is 37.7 Å². The van der Waals surface area contributed by atoms with Crippen LogP contribution in [0.2, 0.25) is 0 Å². The zero-order valence-electron chi connectivity index (χ0n) is 16.9. The summed E-state index contributed by atoms with van der Waals surface area (Å²) in [4.78, 5) is 21.3. The molecule has 1 aromatic carbocycles. The first-order valence-electron chi connectivity index (χ1n) is 9.45. The SMILES string of the molecule is CC(=O)OC(C)c1nc(C(C)C)c(Sc2cccc(F)c2)n1Cc1cccnc1. The van der Waals surface area contributed by atoms with Gasteiger partial charge in [-0.15, -0.1) is 0 Å². The van der Waals surface area contributed by atoms with Crippen molar-refractivity contribution in [2.45, 2.75) is 56.2 Å². The smallest absolute Gasteiger partial charge is 0.303 e. The van der Waals surface area contributed by atoms with Gasteiger partial charge in [-0.3, -0.25) is 9.78 Å². The van der Waals surface area contributed by atoms with E-state index in [1.54, 1.807) is 18.5 Å². The summed E-state index contributed by atoms with van der Waals surface area (Å²) in [5.74, 6) is 0.155. The van der Waals surface area contributed by atoms with Crippen molar-refractivity contribution in [1.82, 2.24) is 14.5 Å². The van der Waals surface area contributed by atoms with Gasteiger partial charge in [0, 0.05) is 24.2 Å². The van der Waals surface area contributed by atoms with Crippen molar-refractivity contribution in [3.8, 4) is 0 Å². The molecule has 152 valence electrons. The van der Waals surface area contributed by atoms with Gasteiger partial charge in [0.05, 0.1) is 12.2 Å². The first-order chi connectivity index (χ1) is 13.8.